The van der Waals surface area contributed by atoms with Gasteiger partial charge in [-0.05, 0) is 64.2 Å². The highest BCUT2D eigenvalue weighted by Gasteiger charge is 2.27. The van der Waals surface area contributed by atoms with E-state index in [1.54, 1.807) is 25.1 Å². The highest BCUT2D eigenvalue weighted by molar-refractivity contribution is 5.98. The molecule has 0 saturated carbocycles. The summed E-state index contributed by atoms with van der Waals surface area (Å²) >= 11 is 0. The number of carbonyl (C=O) groups excluding carboxylic acids is 2. The number of oxazole rings is 1. The third kappa shape index (κ3) is 4.38. The second kappa shape index (κ2) is 9.48. The number of amides is 2. The Morgan fingerprint density at radius 2 is 2.02 bits per heavy atom. The standard InChI is InChI=1S/C26H20N10O5/c1-12-28-18-8-13(2-7-21(18)40-12)11-27-24(38)20-10-19(30-25-33-41-26(39)36(20)25)23(37)29-17-6-4-14-9-15(3-5-16(14)17)22-31-34-35-32-22/h2-3,5,7-10,17H,4,6,11H2,1H3,(H,27,38)(H,29,37)(H,31,32,34,35)/t17-/m0/s1. The Morgan fingerprint density at radius 1 is 1.12 bits per heavy atom. The Kier molecular flexibility index (Phi) is 5.62. The predicted molar refractivity (Wildman–Crippen MR) is 140 cm³/mol. The van der Waals surface area contributed by atoms with Crippen molar-refractivity contribution in [3.63, 3.8) is 0 Å². The smallest absolute Gasteiger partial charge is 0.441 e. The summed E-state index contributed by atoms with van der Waals surface area (Å²) in [4.78, 5) is 47.3. The van der Waals surface area contributed by atoms with E-state index < -0.39 is 17.6 Å². The normalized spacial score (nSPS) is 14.4. The zero-order chi connectivity index (χ0) is 28.1. The molecule has 6 aromatic rings. The number of H-pyrrole nitrogens is 1. The van der Waals surface area contributed by atoms with Gasteiger partial charge in [0, 0.05) is 19.0 Å². The molecule has 0 fully saturated rings. The van der Waals surface area contributed by atoms with Crippen molar-refractivity contribution in [2.24, 2.45) is 0 Å². The number of hydrogen-bond acceptors (Lipinski definition) is 11. The number of nitrogens with one attached hydrogen (secondary N) is 3. The fourth-order valence-electron chi connectivity index (χ4n) is 5.03. The Balaban J connectivity index is 1.12. The molecule has 41 heavy (non-hydrogen) atoms. The van der Waals surface area contributed by atoms with Gasteiger partial charge in [0.25, 0.3) is 17.6 Å². The molecule has 15 heteroatoms. The third-order valence-electron chi connectivity index (χ3n) is 6.93. The van der Waals surface area contributed by atoms with Crippen molar-refractivity contribution >= 4 is 28.7 Å². The van der Waals surface area contributed by atoms with Crippen LogP contribution in [0, 0.1) is 6.92 Å². The summed E-state index contributed by atoms with van der Waals surface area (Å²) in [5, 5.41) is 23.4. The van der Waals surface area contributed by atoms with E-state index in [0.29, 0.717) is 29.2 Å². The largest absolute Gasteiger partial charge is 0.448 e. The monoisotopic (exact) mass is 552 g/mol. The van der Waals surface area contributed by atoms with E-state index in [1.807, 2.05) is 18.2 Å². The summed E-state index contributed by atoms with van der Waals surface area (Å²) < 4.78 is 11.1. The van der Waals surface area contributed by atoms with E-state index >= 15 is 0 Å². The van der Waals surface area contributed by atoms with E-state index in [4.69, 9.17) is 8.94 Å². The van der Waals surface area contributed by atoms with Gasteiger partial charge in [-0.15, -0.1) is 10.2 Å². The molecule has 0 bridgehead atoms. The number of rotatable bonds is 6. The van der Waals surface area contributed by atoms with Crippen LogP contribution in [0.4, 0.5) is 0 Å². The first-order valence-corrected chi connectivity index (χ1v) is 12.6. The van der Waals surface area contributed by atoms with E-state index in [2.05, 4.69) is 46.4 Å². The minimum absolute atomic E-state index is 0.0835. The second-order valence-electron chi connectivity index (χ2n) is 9.54. The zero-order valence-electron chi connectivity index (χ0n) is 21.4. The molecule has 4 aromatic heterocycles. The molecular formula is C26H20N10O5. The second-order valence-corrected chi connectivity index (χ2v) is 9.54. The van der Waals surface area contributed by atoms with Crippen LogP contribution in [0.2, 0.25) is 0 Å². The van der Waals surface area contributed by atoms with Gasteiger partial charge in [0.2, 0.25) is 5.82 Å². The van der Waals surface area contributed by atoms with Gasteiger partial charge >= 0.3 is 5.76 Å². The van der Waals surface area contributed by atoms with Crippen LogP contribution in [0.1, 0.15) is 56.0 Å². The minimum atomic E-state index is -0.897. The van der Waals surface area contributed by atoms with Gasteiger partial charge in [-0.2, -0.15) is 5.21 Å². The molecule has 2 aromatic carbocycles. The predicted octanol–water partition coefficient (Wildman–Crippen LogP) is 1.66. The van der Waals surface area contributed by atoms with Crippen molar-refractivity contribution in [1.82, 2.24) is 50.8 Å². The number of aromatic nitrogens is 8. The van der Waals surface area contributed by atoms with E-state index in [-0.39, 0.29) is 29.8 Å². The van der Waals surface area contributed by atoms with Gasteiger partial charge in [-0.3, -0.25) is 14.1 Å². The number of hydrogen-bond donors (Lipinski definition) is 3. The average Bonchev–Trinajstić information content (AvgIpc) is 3.78. The molecule has 2 amide bonds. The molecule has 0 saturated heterocycles. The Labute approximate surface area is 229 Å². The number of carbonyl (C=O) groups is 2. The number of aromatic amines is 1. The van der Waals surface area contributed by atoms with E-state index in [0.717, 1.165) is 33.1 Å². The van der Waals surface area contributed by atoms with Crippen molar-refractivity contribution in [1.29, 1.82) is 0 Å². The van der Waals surface area contributed by atoms with Gasteiger partial charge < -0.3 is 15.1 Å². The molecule has 0 aliphatic heterocycles. The number of aryl methyl sites for hydroxylation is 2. The van der Waals surface area contributed by atoms with Crippen LogP contribution in [0.25, 0.3) is 28.3 Å². The van der Waals surface area contributed by atoms with Gasteiger partial charge in [-0.25, -0.2) is 19.2 Å². The lowest BCUT2D eigenvalue weighted by Crippen LogP contribution is -2.31. The van der Waals surface area contributed by atoms with Crippen LogP contribution < -0.4 is 16.4 Å². The highest BCUT2D eigenvalue weighted by Crippen LogP contribution is 2.33. The molecule has 0 unspecified atom stereocenters. The van der Waals surface area contributed by atoms with Gasteiger partial charge in [-0.1, -0.05) is 18.2 Å². The summed E-state index contributed by atoms with van der Waals surface area (Å²) in [7, 11) is 0. The quantitative estimate of drug-likeness (QED) is 0.271. The lowest BCUT2D eigenvalue weighted by molar-refractivity contribution is 0.0931. The molecule has 4 heterocycles. The summed E-state index contributed by atoms with van der Waals surface area (Å²) in [5.74, 6) is -1.22. The lowest BCUT2D eigenvalue weighted by Gasteiger charge is -2.14. The van der Waals surface area contributed by atoms with Crippen molar-refractivity contribution in [2.45, 2.75) is 32.4 Å². The van der Waals surface area contributed by atoms with Gasteiger partial charge in [0.1, 0.15) is 16.9 Å². The van der Waals surface area contributed by atoms with Crippen LogP contribution in [0.3, 0.4) is 0 Å². The Hall–Kier alpha value is -5.73. The molecule has 1 aliphatic rings. The fourth-order valence-corrected chi connectivity index (χ4v) is 5.03. The minimum Gasteiger partial charge on any atom is -0.441 e. The summed E-state index contributed by atoms with van der Waals surface area (Å²) in [5.41, 5.74) is 4.68. The van der Waals surface area contributed by atoms with Crippen LogP contribution in [-0.2, 0) is 13.0 Å². The van der Waals surface area contributed by atoms with Gasteiger partial charge in [0.05, 0.1) is 6.04 Å². The first-order valence-electron chi connectivity index (χ1n) is 12.6. The van der Waals surface area contributed by atoms with Crippen molar-refractivity contribution in [2.75, 3.05) is 0 Å². The van der Waals surface area contributed by atoms with Crippen LogP contribution >= 0.6 is 0 Å². The average molecular weight is 553 g/mol. The molecule has 15 nitrogen and oxygen atoms in total. The van der Waals surface area contributed by atoms with E-state index in [9.17, 15) is 14.4 Å². The van der Waals surface area contributed by atoms with Crippen molar-refractivity contribution in [3.8, 4) is 11.4 Å². The summed E-state index contributed by atoms with van der Waals surface area (Å²) in [6.45, 7) is 1.89. The Morgan fingerprint density at radius 3 is 2.88 bits per heavy atom. The van der Waals surface area contributed by atoms with Crippen LogP contribution in [0.5, 0.6) is 0 Å². The fraction of sp³-hybridized carbons (Fsp3) is 0.192. The molecule has 1 atom stereocenters. The lowest BCUT2D eigenvalue weighted by atomic mass is 10.0. The topological polar surface area (TPSA) is 199 Å². The third-order valence-corrected chi connectivity index (χ3v) is 6.93. The SMILES string of the molecule is Cc1nc2cc(CNC(=O)c3cc(C(=O)N[C@H]4CCc5cc(-c6nn[nH]n6)ccc54)nc4noc(=O)n34)ccc2o1. The maximum absolute atomic E-state index is 13.3. The first kappa shape index (κ1) is 24.3. The molecule has 3 N–H and O–H groups in total. The highest BCUT2D eigenvalue weighted by atomic mass is 16.5. The Bertz CT molecular complexity index is 2020. The van der Waals surface area contributed by atoms with Crippen LogP contribution in [0.15, 0.2) is 56.2 Å². The number of nitrogens with zero attached hydrogens (tertiary/aromatic N) is 7. The van der Waals surface area contributed by atoms with Crippen molar-refractivity contribution < 1.29 is 18.5 Å². The molecular weight excluding hydrogens is 532 g/mol. The van der Waals surface area contributed by atoms with Gasteiger partial charge in [0.15, 0.2) is 11.5 Å². The first-order chi connectivity index (χ1) is 19.9. The molecule has 204 valence electrons. The number of fused-ring (bicyclic) bond motifs is 3. The molecule has 1 aliphatic carbocycles. The number of tetrazole rings is 1. The number of benzene rings is 2. The molecule has 0 radical (unpaired) electrons. The summed E-state index contributed by atoms with van der Waals surface area (Å²) in [6.07, 6.45) is 1.41. The van der Waals surface area contributed by atoms with E-state index in [1.165, 1.54) is 6.07 Å². The maximum Gasteiger partial charge on any atom is 0.448 e. The maximum atomic E-state index is 13.3. The summed E-state index contributed by atoms with van der Waals surface area (Å²) in [6, 6.07) is 12.1. The molecule has 7 rings (SSSR count). The molecule has 0 spiro atoms. The van der Waals surface area contributed by atoms with Crippen LogP contribution in [-0.4, -0.2) is 52.0 Å². The zero-order valence-corrected chi connectivity index (χ0v) is 21.4. The van der Waals surface area contributed by atoms with Crippen molar-refractivity contribution in [3.05, 3.63) is 87.0 Å².